The average Bonchev–Trinajstić information content (AvgIpc) is 2.58. The maximum Gasteiger partial charge on any atom is 0.372 e. The molecule has 2 rings (SSSR count). The van der Waals surface area contributed by atoms with Gasteiger partial charge in [-0.1, -0.05) is 5.16 Å². The quantitative estimate of drug-likeness (QED) is 0.353. The lowest BCUT2D eigenvalue weighted by Crippen LogP contribution is -2.13. The third-order valence-corrected chi connectivity index (χ3v) is 3.54. The smallest absolute Gasteiger partial charge is 0.312 e. The zero-order valence-electron chi connectivity index (χ0n) is 13.1. The van der Waals surface area contributed by atoms with E-state index in [0.29, 0.717) is 17.2 Å². The molecule has 0 aliphatic heterocycles. The topological polar surface area (TPSA) is 142 Å². The van der Waals surface area contributed by atoms with Crippen LogP contribution in [0.2, 0.25) is 0 Å². The number of rotatable bonds is 4. The van der Waals surface area contributed by atoms with Crippen molar-refractivity contribution in [3.05, 3.63) is 67.3 Å². The molecule has 25 heavy (non-hydrogen) atoms. The fourth-order valence-corrected chi connectivity index (χ4v) is 1.98. The Hall–Kier alpha value is -3.69. The van der Waals surface area contributed by atoms with Crippen LogP contribution in [0.25, 0.3) is 0 Å². The summed E-state index contributed by atoms with van der Waals surface area (Å²) in [6, 6.07) is 2.54. The molecule has 0 fully saturated rings. The fourth-order valence-electron chi connectivity index (χ4n) is 1.98. The second kappa shape index (κ2) is 6.83. The molecular formula is C15H11N3O7. The number of nitrogens with zero attached hydrogens (tertiary/aromatic N) is 3. The van der Waals surface area contributed by atoms with Crippen LogP contribution in [-0.2, 0) is 9.63 Å². The zero-order valence-corrected chi connectivity index (χ0v) is 13.1. The maximum atomic E-state index is 12.0. The molecule has 1 aliphatic carbocycles. The van der Waals surface area contributed by atoms with Crippen LogP contribution in [0.5, 0.6) is 0 Å². The number of nitro benzene ring substituents is 2. The molecule has 1 aliphatic rings. The van der Waals surface area contributed by atoms with E-state index in [1.807, 2.05) is 0 Å². The Morgan fingerprint density at radius 1 is 1.08 bits per heavy atom. The molecule has 0 N–H and O–H groups in total. The van der Waals surface area contributed by atoms with Crippen LogP contribution in [-0.4, -0.2) is 27.3 Å². The van der Waals surface area contributed by atoms with Crippen molar-refractivity contribution in [3.8, 4) is 0 Å². The molecule has 0 atom stereocenters. The first-order chi connectivity index (χ1) is 11.7. The molecule has 10 nitrogen and oxygen atoms in total. The van der Waals surface area contributed by atoms with Gasteiger partial charge in [-0.15, -0.1) is 0 Å². The lowest BCUT2D eigenvalue weighted by molar-refractivity contribution is -0.394. The van der Waals surface area contributed by atoms with E-state index in [0.717, 1.165) is 12.1 Å². The van der Waals surface area contributed by atoms with Crippen molar-refractivity contribution in [1.82, 2.24) is 0 Å². The first-order valence-electron chi connectivity index (χ1n) is 6.84. The van der Waals surface area contributed by atoms with Gasteiger partial charge < -0.3 is 4.84 Å². The molecule has 128 valence electrons. The van der Waals surface area contributed by atoms with Gasteiger partial charge in [0.25, 0.3) is 11.4 Å². The Bertz CT molecular complexity index is 896. The van der Waals surface area contributed by atoms with Crippen molar-refractivity contribution in [3.63, 3.8) is 0 Å². The Balaban J connectivity index is 2.32. The number of nitro groups is 2. The average molecular weight is 345 g/mol. The summed E-state index contributed by atoms with van der Waals surface area (Å²) in [5.74, 6) is -1.35. The SMILES string of the molecule is CC1=C(C)/C(=N/OC(=O)c2ccc([N+](=O)[O-])cc2[N+](=O)[O-])C=CC1=O. The minimum Gasteiger partial charge on any atom is -0.312 e. The van der Waals surface area contributed by atoms with Gasteiger partial charge in [-0.2, -0.15) is 0 Å². The van der Waals surface area contributed by atoms with Gasteiger partial charge >= 0.3 is 5.97 Å². The van der Waals surface area contributed by atoms with Gasteiger partial charge in [0, 0.05) is 11.6 Å². The van der Waals surface area contributed by atoms with E-state index in [2.05, 4.69) is 5.16 Å². The maximum absolute atomic E-state index is 12.0. The Kier molecular flexibility index (Phi) is 4.82. The van der Waals surface area contributed by atoms with Gasteiger partial charge in [-0.25, -0.2) is 4.79 Å². The molecular weight excluding hydrogens is 334 g/mol. The van der Waals surface area contributed by atoms with Crippen LogP contribution in [0, 0.1) is 20.2 Å². The summed E-state index contributed by atoms with van der Waals surface area (Å²) in [7, 11) is 0. The number of carbonyl (C=O) groups is 2. The summed E-state index contributed by atoms with van der Waals surface area (Å²) in [6.45, 7) is 3.19. The van der Waals surface area contributed by atoms with Crippen LogP contribution in [0.15, 0.2) is 46.7 Å². The molecule has 0 radical (unpaired) electrons. The van der Waals surface area contributed by atoms with E-state index in [4.69, 9.17) is 4.84 Å². The molecule has 1 aromatic carbocycles. The molecule has 1 aromatic rings. The molecule has 0 amide bonds. The highest BCUT2D eigenvalue weighted by Gasteiger charge is 2.26. The van der Waals surface area contributed by atoms with Crippen molar-refractivity contribution in [2.45, 2.75) is 13.8 Å². The number of benzene rings is 1. The van der Waals surface area contributed by atoms with Gasteiger partial charge in [0.2, 0.25) is 0 Å². The predicted molar refractivity (Wildman–Crippen MR) is 85.1 cm³/mol. The molecule has 0 aromatic heterocycles. The van der Waals surface area contributed by atoms with Crippen molar-refractivity contribution in [1.29, 1.82) is 0 Å². The highest BCUT2D eigenvalue weighted by Crippen LogP contribution is 2.25. The fraction of sp³-hybridized carbons (Fsp3) is 0.133. The summed E-state index contributed by atoms with van der Waals surface area (Å²) in [6.07, 6.45) is 2.60. The molecule has 0 bridgehead atoms. The summed E-state index contributed by atoms with van der Waals surface area (Å²) < 4.78 is 0. The number of carbonyl (C=O) groups excluding carboxylic acids is 2. The van der Waals surface area contributed by atoms with Crippen LogP contribution >= 0.6 is 0 Å². The van der Waals surface area contributed by atoms with Crippen LogP contribution in [0.4, 0.5) is 11.4 Å². The van der Waals surface area contributed by atoms with Gasteiger partial charge in [-0.3, -0.25) is 25.0 Å². The van der Waals surface area contributed by atoms with E-state index in [-0.39, 0.29) is 11.5 Å². The minimum absolute atomic E-state index is 0.200. The normalized spacial score (nSPS) is 15.4. The summed E-state index contributed by atoms with van der Waals surface area (Å²) in [4.78, 5) is 48.2. The minimum atomic E-state index is -1.15. The number of oxime groups is 1. The van der Waals surface area contributed by atoms with E-state index in [9.17, 15) is 29.8 Å². The molecule has 0 unspecified atom stereocenters. The van der Waals surface area contributed by atoms with E-state index in [1.165, 1.54) is 12.2 Å². The second-order valence-corrected chi connectivity index (χ2v) is 5.02. The first-order valence-corrected chi connectivity index (χ1v) is 6.84. The van der Waals surface area contributed by atoms with Gasteiger partial charge in [-0.05, 0) is 37.6 Å². The highest BCUT2D eigenvalue weighted by atomic mass is 16.7. The lowest BCUT2D eigenvalue weighted by Gasteiger charge is -2.09. The second-order valence-electron chi connectivity index (χ2n) is 5.02. The van der Waals surface area contributed by atoms with E-state index < -0.39 is 32.8 Å². The monoisotopic (exact) mass is 345 g/mol. The Morgan fingerprint density at radius 2 is 1.76 bits per heavy atom. The highest BCUT2D eigenvalue weighted by molar-refractivity contribution is 6.21. The molecule has 0 saturated carbocycles. The Morgan fingerprint density at radius 3 is 2.36 bits per heavy atom. The number of non-ortho nitro benzene ring substituents is 1. The summed E-state index contributed by atoms with van der Waals surface area (Å²) in [5.41, 5.74) is -0.629. The summed E-state index contributed by atoms with van der Waals surface area (Å²) >= 11 is 0. The zero-order chi connectivity index (χ0) is 18.7. The predicted octanol–water partition coefficient (Wildman–Crippen LogP) is 2.49. The van der Waals surface area contributed by atoms with Gasteiger partial charge in [0.05, 0.1) is 15.9 Å². The third kappa shape index (κ3) is 3.63. The lowest BCUT2D eigenvalue weighted by atomic mass is 9.97. The molecule has 0 heterocycles. The number of hydrogen-bond acceptors (Lipinski definition) is 8. The van der Waals surface area contributed by atoms with Crippen molar-refractivity contribution >= 4 is 28.8 Å². The Labute approximate surface area is 140 Å². The van der Waals surface area contributed by atoms with Crippen LogP contribution < -0.4 is 0 Å². The first kappa shape index (κ1) is 17.7. The van der Waals surface area contributed by atoms with Crippen molar-refractivity contribution in [2.24, 2.45) is 5.16 Å². The summed E-state index contributed by atoms with van der Waals surface area (Å²) in [5, 5.41) is 25.3. The van der Waals surface area contributed by atoms with Crippen molar-refractivity contribution in [2.75, 3.05) is 0 Å². The van der Waals surface area contributed by atoms with E-state index >= 15 is 0 Å². The van der Waals surface area contributed by atoms with Crippen molar-refractivity contribution < 1.29 is 24.3 Å². The van der Waals surface area contributed by atoms with Gasteiger partial charge in [0.15, 0.2) is 5.78 Å². The third-order valence-electron chi connectivity index (χ3n) is 3.54. The molecule has 10 heteroatoms. The van der Waals surface area contributed by atoms with Crippen LogP contribution in [0.3, 0.4) is 0 Å². The standard InChI is InChI=1S/C15H11N3O7/c1-8-9(2)14(19)6-5-12(8)16-25-15(20)11-4-3-10(17(21)22)7-13(11)18(23)24/h3-7H,1-2H3/b16-12+. The largest absolute Gasteiger partial charge is 0.372 e. The number of ketones is 1. The van der Waals surface area contributed by atoms with E-state index in [1.54, 1.807) is 13.8 Å². The van der Waals surface area contributed by atoms with Gasteiger partial charge in [0.1, 0.15) is 11.3 Å². The van der Waals surface area contributed by atoms with Crippen LogP contribution in [0.1, 0.15) is 24.2 Å². The number of allylic oxidation sites excluding steroid dienone is 4. The number of hydrogen-bond donors (Lipinski definition) is 0. The molecule has 0 saturated heterocycles. The molecule has 0 spiro atoms.